The summed E-state index contributed by atoms with van der Waals surface area (Å²) in [6.07, 6.45) is 3.81. The van der Waals surface area contributed by atoms with Gasteiger partial charge in [0.1, 0.15) is 5.75 Å². The zero-order chi connectivity index (χ0) is 22.6. The van der Waals surface area contributed by atoms with Crippen LogP contribution >= 0.6 is 0 Å². The Labute approximate surface area is 186 Å². The highest BCUT2D eigenvalue weighted by atomic mass is 32.2. The molecule has 0 spiro atoms. The lowest BCUT2D eigenvalue weighted by molar-refractivity contribution is 0.117. The zero-order valence-electron chi connectivity index (χ0n) is 17.9. The average molecular weight is 456 g/mol. The second kappa shape index (κ2) is 9.62. The van der Waals surface area contributed by atoms with Crippen LogP contribution in [0.4, 0.5) is 0 Å². The number of nitrogens with zero attached hydrogens (tertiary/aromatic N) is 3. The van der Waals surface area contributed by atoms with Crippen molar-refractivity contribution >= 4 is 9.84 Å². The molecule has 4 bridgehead atoms. The summed E-state index contributed by atoms with van der Waals surface area (Å²) >= 11 is 0. The SMILES string of the molecule is Cn1cc(-c2cc3nc(n2)Oc2cccc(c2)COCCCCCS(=O)(=O)C3)ccc1=O. The molecule has 1 aromatic carbocycles. The van der Waals surface area contributed by atoms with Crippen LogP contribution in [0.1, 0.15) is 30.5 Å². The predicted octanol–water partition coefficient (Wildman–Crippen LogP) is 3.25. The molecule has 8 nitrogen and oxygen atoms in total. The van der Waals surface area contributed by atoms with E-state index >= 15 is 0 Å². The number of rotatable bonds is 1. The molecule has 0 radical (unpaired) electrons. The van der Waals surface area contributed by atoms with Gasteiger partial charge in [-0.2, -0.15) is 9.97 Å². The van der Waals surface area contributed by atoms with Gasteiger partial charge in [0.15, 0.2) is 9.84 Å². The van der Waals surface area contributed by atoms with Crippen LogP contribution in [0.5, 0.6) is 11.8 Å². The molecule has 3 heterocycles. The molecule has 168 valence electrons. The van der Waals surface area contributed by atoms with Gasteiger partial charge in [0.05, 0.1) is 29.5 Å². The molecule has 9 heteroatoms. The first-order valence-electron chi connectivity index (χ1n) is 10.5. The van der Waals surface area contributed by atoms with E-state index in [-0.39, 0.29) is 23.1 Å². The van der Waals surface area contributed by atoms with Crippen molar-refractivity contribution < 1.29 is 17.9 Å². The van der Waals surface area contributed by atoms with Gasteiger partial charge in [-0.05, 0) is 42.7 Å². The number of benzene rings is 1. The summed E-state index contributed by atoms with van der Waals surface area (Å²) in [6.45, 7) is 1.02. The number of fused-ring (bicyclic) bond motifs is 4. The molecule has 0 amide bonds. The molecule has 1 aliphatic heterocycles. The molecule has 0 atom stereocenters. The van der Waals surface area contributed by atoms with Gasteiger partial charge in [-0.25, -0.2) is 8.42 Å². The molecule has 0 N–H and O–H groups in total. The van der Waals surface area contributed by atoms with Crippen molar-refractivity contribution in [2.75, 3.05) is 12.4 Å². The van der Waals surface area contributed by atoms with E-state index in [9.17, 15) is 13.2 Å². The molecule has 4 rings (SSSR count). The minimum atomic E-state index is -3.36. The third-order valence-electron chi connectivity index (χ3n) is 5.13. The Kier molecular flexibility index (Phi) is 6.66. The van der Waals surface area contributed by atoms with Crippen molar-refractivity contribution in [1.82, 2.24) is 14.5 Å². The maximum atomic E-state index is 12.7. The van der Waals surface area contributed by atoms with Crippen molar-refractivity contribution in [2.45, 2.75) is 31.6 Å². The molecule has 0 fully saturated rings. The lowest BCUT2D eigenvalue weighted by Gasteiger charge is -2.12. The number of aryl methyl sites for hydroxylation is 1. The van der Waals surface area contributed by atoms with E-state index in [1.165, 1.54) is 10.6 Å². The van der Waals surface area contributed by atoms with Crippen molar-refractivity contribution in [3.05, 3.63) is 70.3 Å². The predicted molar refractivity (Wildman–Crippen MR) is 120 cm³/mol. The van der Waals surface area contributed by atoms with Crippen molar-refractivity contribution in [3.8, 4) is 23.0 Å². The molecule has 0 saturated heterocycles. The van der Waals surface area contributed by atoms with Crippen LogP contribution < -0.4 is 10.3 Å². The Balaban J connectivity index is 1.76. The van der Waals surface area contributed by atoms with E-state index in [0.717, 1.165) is 18.4 Å². The first-order chi connectivity index (χ1) is 15.4. The number of pyridine rings is 1. The summed E-state index contributed by atoms with van der Waals surface area (Å²) in [5.41, 5.74) is 2.31. The molecular weight excluding hydrogens is 430 g/mol. The van der Waals surface area contributed by atoms with E-state index in [1.54, 1.807) is 31.4 Å². The van der Waals surface area contributed by atoms with Crippen LogP contribution in [-0.4, -0.2) is 35.3 Å². The highest BCUT2D eigenvalue weighted by molar-refractivity contribution is 7.90. The lowest BCUT2D eigenvalue weighted by Crippen LogP contribution is -2.14. The highest BCUT2D eigenvalue weighted by Gasteiger charge is 2.17. The smallest absolute Gasteiger partial charge is 0.322 e. The molecule has 2 aromatic heterocycles. The van der Waals surface area contributed by atoms with Gasteiger partial charge in [0.2, 0.25) is 5.56 Å². The maximum absolute atomic E-state index is 12.7. The van der Waals surface area contributed by atoms with Crippen LogP contribution in [-0.2, 0) is 34.0 Å². The van der Waals surface area contributed by atoms with Gasteiger partial charge in [0.25, 0.3) is 0 Å². The van der Waals surface area contributed by atoms with Gasteiger partial charge < -0.3 is 14.0 Å². The first-order valence-corrected chi connectivity index (χ1v) is 12.3. The van der Waals surface area contributed by atoms with Gasteiger partial charge in [-0.1, -0.05) is 18.6 Å². The number of aromatic nitrogens is 3. The number of hydrogen-bond donors (Lipinski definition) is 0. The summed E-state index contributed by atoms with van der Waals surface area (Å²) < 4.78 is 38.4. The minimum Gasteiger partial charge on any atom is -0.424 e. The van der Waals surface area contributed by atoms with E-state index in [1.807, 2.05) is 18.2 Å². The highest BCUT2D eigenvalue weighted by Crippen LogP contribution is 2.25. The molecule has 0 unspecified atom stereocenters. The van der Waals surface area contributed by atoms with Crippen molar-refractivity contribution in [2.24, 2.45) is 7.05 Å². The Hall–Kier alpha value is -3.04. The van der Waals surface area contributed by atoms with Crippen LogP contribution in [0.3, 0.4) is 0 Å². The fourth-order valence-electron chi connectivity index (χ4n) is 3.48. The first kappa shape index (κ1) is 22.2. The Morgan fingerprint density at radius 2 is 1.91 bits per heavy atom. The van der Waals surface area contributed by atoms with E-state index in [4.69, 9.17) is 9.47 Å². The van der Waals surface area contributed by atoms with Gasteiger partial charge >= 0.3 is 6.01 Å². The lowest BCUT2D eigenvalue weighted by atomic mass is 10.2. The van der Waals surface area contributed by atoms with E-state index in [0.29, 0.717) is 42.3 Å². The number of sulfone groups is 1. The standard InChI is InChI=1S/C23H25N3O5S/c1-26-14-18(8-9-22(26)27)21-13-19-16-32(28,29)11-4-2-3-10-30-15-17-6-5-7-20(12-17)31-23(24-19)25-21/h5-9,12-14H,2-4,10-11,15-16H2,1H3. The largest absolute Gasteiger partial charge is 0.424 e. The van der Waals surface area contributed by atoms with Gasteiger partial charge in [0, 0.05) is 31.5 Å². The summed E-state index contributed by atoms with van der Waals surface area (Å²) in [4.78, 5) is 20.6. The monoisotopic (exact) mass is 455 g/mol. The second-order valence-electron chi connectivity index (χ2n) is 7.85. The zero-order valence-corrected chi connectivity index (χ0v) is 18.7. The quantitative estimate of drug-likeness (QED) is 0.555. The van der Waals surface area contributed by atoms with Crippen LogP contribution in [0, 0.1) is 0 Å². The second-order valence-corrected chi connectivity index (χ2v) is 10.0. The Morgan fingerprint density at radius 1 is 1.03 bits per heavy atom. The van der Waals surface area contributed by atoms with Crippen LogP contribution in [0.25, 0.3) is 11.3 Å². The molecule has 3 aromatic rings. The van der Waals surface area contributed by atoms with Gasteiger partial charge in [-0.3, -0.25) is 4.79 Å². The maximum Gasteiger partial charge on any atom is 0.322 e. The third kappa shape index (κ3) is 5.80. The molecule has 0 saturated carbocycles. The molecule has 1 aliphatic rings. The summed E-state index contributed by atoms with van der Waals surface area (Å²) in [5.74, 6) is 0.410. The topological polar surface area (TPSA) is 100 Å². The summed E-state index contributed by atoms with van der Waals surface area (Å²) in [6, 6.07) is 12.2. The van der Waals surface area contributed by atoms with E-state index < -0.39 is 9.84 Å². The third-order valence-corrected chi connectivity index (χ3v) is 6.77. The molecular formula is C23H25N3O5S. The Bertz CT molecular complexity index is 1270. The van der Waals surface area contributed by atoms with Crippen molar-refractivity contribution in [1.29, 1.82) is 0 Å². The normalized spacial score (nSPS) is 16.8. The average Bonchev–Trinajstić information content (AvgIpc) is 2.74. The van der Waals surface area contributed by atoms with Crippen molar-refractivity contribution in [3.63, 3.8) is 0 Å². The van der Waals surface area contributed by atoms with Gasteiger partial charge in [-0.15, -0.1) is 0 Å². The van der Waals surface area contributed by atoms with Crippen LogP contribution in [0.15, 0.2) is 53.5 Å². The minimum absolute atomic E-state index is 0.0479. The van der Waals surface area contributed by atoms with Crippen LogP contribution in [0.2, 0.25) is 0 Å². The fraction of sp³-hybridized carbons (Fsp3) is 0.348. The fourth-order valence-corrected chi connectivity index (χ4v) is 4.87. The number of hydrogen-bond acceptors (Lipinski definition) is 7. The summed E-state index contributed by atoms with van der Waals surface area (Å²) in [5, 5.41) is 0. The summed E-state index contributed by atoms with van der Waals surface area (Å²) in [7, 11) is -1.71. The Morgan fingerprint density at radius 3 is 2.75 bits per heavy atom. The van der Waals surface area contributed by atoms with E-state index in [2.05, 4.69) is 9.97 Å². The number of ether oxygens (including phenoxy) is 2. The molecule has 32 heavy (non-hydrogen) atoms. The molecule has 0 aliphatic carbocycles.